The van der Waals surface area contributed by atoms with Gasteiger partial charge >= 0.3 is 30.1 Å². The molecule has 0 fully saturated rings. The van der Waals surface area contributed by atoms with Gasteiger partial charge in [-0.15, -0.1) is 0 Å². The zero-order valence-electron chi connectivity index (χ0n) is 12.7. The molecule has 0 N–H and O–H groups in total. The lowest BCUT2D eigenvalue weighted by atomic mass is 10.1. The Labute approximate surface area is 144 Å². The van der Waals surface area contributed by atoms with Gasteiger partial charge in [-0.25, -0.2) is 0 Å². The molecule has 0 saturated carbocycles. The van der Waals surface area contributed by atoms with Crippen molar-refractivity contribution in [1.82, 2.24) is 0 Å². The first-order valence-corrected chi connectivity index (χ1v) is 8.06. The van der Waals surface area contributed by atoms with Crippen molar-refractivity contribution in [3.8, 4) is 0 Å². The first-order chi connectivity index (χ1) is 11.7. The van der Waals surface area contributed by atoms with Crippen molar-refractivity contribution in [3.05, 3.63) is 12.2 Å². The molecule has 0 rings (SSSR count). The van der Waals surface area contributed by atoms with E-state index in [2.05, 4.69) is 4.18 Å². The van der Waals surface area contributed by atoms with E-state index >= 15 is 0 Å². The molecule has 3 nitrogen and oxygen atoms in total. The van der Waals surface area contributed by atoms with E-state index in [4.69, 9.17) is 0 Å². The van der Waals surface area contributed by atoms with Crippen LogP contribution >= 0.6 is 0 Å². The maximum absolute atomic E-state index is 13.2. The van der Waals surface area contributed by atoms with Crippen molar-refractivity contribution >= 4 is 10.1 Å². The van der Waals surface area contributed by atoms with Crippen molar-refractivity contribution in [1.29, 1.82) is 0 Å². The van der Waals surface area contributed by atoms with Gasteiger partial charge in [0.2, 0.25) is 0 Å². The summed E-state index contributed by atoms with van der Waals surface area (Å²) in [6.45, 7) is -1.11. The summed E-state index contributed by atoms with van der Waals surface area (Å²) >= 11 is 0. The lowest BCUT2D eigenvalue weighted by Gasteiger charge is -2.33. The van der Waals surface area contributed by atoms with Crippen LogP contribution in [-0.2, 0) is 14.3 Å². The summed E-state index contributed by atoms with van der Waals surface area (Å²) in [4.78, 5) is 0. The molecular weight excluding hydrogens is 440 g/mol. The van der Waals surface area contributed by atoms with Gasteiger partial charge < -0.3 is 0 Å². The van der Waals surface area contributed by atoms with Gasteiger partial charge in [0.1, 0.15) is 5.75 Å². The molecule has 0 aliphatic heterocycles. The third-order valence-electron chi connectivity index (χ3n) is 2.65. The highest BCUT2D eigenvalue weighted by atomic mass is 32.2. The first kappa shape index (κ1) is 25.8. The smallest absolute Gasteiger partial charge is 0.270 e. The summed E-state index contributed by atoms with van der Waals surface area (Å²) in [5, 5.41) is 0. The maximum Gasteiger partial charge on any atom is 0.460 e. The van der Waals surface area contributed by atoms with E-state index in [9.17, 15) is 61.1 Å². The molecule has 0 unspecified atom stereocenters. The Morgan fingerprint density at radius 2 is 1.26 bits per heavy atom. The third-order valence-corrected chi connectivity index (χ3v) is 3.89. The first-order valence-electron chi connectivity index (χ1n) is 6.48. The Bertz CT molecular complexity index is 617. The summed E-state index contributed by atoms with van der Waals surface area (Å²) < 4.78 is 174. The fourth-order valence-electron chi connectivity index (χ4n) is 1.37. The van der Waals surface area contributed by atoms with Crippen molar-refractivity contribution in [2.45, 2.75) is 43.0 Å². The number of rotatable bonds is 9. The number of halogens is 12. The summed E-state index contributed by atoms with van der Waals surface area (Å²) in [7, 11) is -5.72. The minimum atomic E-state index is -7.25. The largest absolute Gasteiger partial charge is 0.460 e. The van der Waals surface area contributed by atoms with Gasteiger partial charge in [0, 0.05) is 6.08 Å². The molecule has 0 amide bonds. The molecule has 0 aliphatic carbocycles. The van der Waals surface area contributed by atoms with E-state index in [1.165, 1.54) is 0 Å². The summed E-state index contributed by atoms with van der Waals surface area (Å²) in [6.07, 6.45) is -12.6. The Morgan fingerprint density at radius 3 is 1.67 bits per heavy atom. The number of hydrogen-bond donors (Lipinski definition) is 0. The monoisotopic (exact) mass is 450 g/mol. The molecule has 162 valence electrons. The molecule has 0 aromatic heterocycles. The molecule has 0 saturated heterocycles. The van der Waals surface area contributed by atoms with Crippen LogP contribution in [0.4, 0.5) is 52.7 Å². The lowest BCUT2D eigenvalue weighted by molar-refractivity contribution is -0.392. The van der Waals surface area contributed by atoms with E-state index < -0.39 is 65.4 Å². The van der Waals surface area contributed by atoms with Crippen LogP contribution in [0.5, 0.6) is 0 Å². The molecule has 27 heavy (non-hydrogen) atoms. The zero-order valence-corrected chi connectivity index (χ0v) is 13.5. The van der Waals surface area contributed by atoms with Crippen molar-refractivity contribution in [3.63, 3.8) is 0 Å². The van der Waals surface area contributed by atoms with E-state index in [-0.39, 0.29) is 6.08 Å². The maximum atomic E-state index is 13.2. The van der Waals surface area contributed by atoms with Gasteiger partial charge in [0.05, 0.1) is 6.61 Å². The third kappa shape index (κ3) is 7.04. The highest BCUT2D eigenvalue weighted by molar-refractivity contribution is 7.86. The molecule has 0 bridgehead atoms. The van der Waals surface area contributed by atoms with Crippen molar-refractivity contribution in [2.24, 2.45) is 0 Å². The quantitative estimate of drug-likeness (QED) is 0.222. The van der Waals surface area contributed by atoms with Crippen molar-refractivity contribution in [2.75, 3.05) is 12.4 Å². The molecule has 0 aromatic carbocycles. The van der Waals surface area contributed by atoms with Gasteiger partial charge in [0.25, 0.3) is 10.1 Å². The second kappa shape index (κ2) is 8.05. The Hall–Kier alpha value is -1.19. The van der Waals surface area contributed by atoms with Gasteiger partial charge in [-0.3, -0.25) is 4.18 Å². The van der Waals surface area contributed by atoms with Crippen LogP contribution in [-0.4, -0.2) is 50.9 Å². The van der Waals surface area contributed by atoms with E-state index in [1.54, 1.807) is 0 Å². The number of allylic oxidation sites excluding steroid dienone is 2. The highest BCUT2D eigenvalue weighted by Gasteiger charge is 2.82. The number of hydrogen-bond acceptors (Lipinski definition) is 3. The van der Waals surface area contributed by atoms with Crippen LogP contribution in [0.15, 0.2) is 12.2 Å². The van der Waals surface area contributed by atoms with Gasteiger partial charge in [-0.2, -0.15) is 61.1 Å². The fraction of sp³-hybridized carbons (Fsp3) is 0.818. The van der Waals surface area contributed by atoms with Gasteiger partial charge in [-0.1, -0.05) is 6.08 Å². The van der Waals surface area contributed by atoms with E-state index in [1.807, 2.05) is 0 Å². The zero-order chi connectivity index (χ0) is 21.9. The normalized spacial score (nSPS) is 15.6. The summed E-state index contributed by atoms with van der Waals surface area (Å²) in [5.41, 5.74) is 0. The number of alkyl halides is 12. The van der Waals surface area contributed by atoms with Crippen LogP contribution in [0.25, 0.3) is 0 Å². The average Bonchev–Trinajstić information content (AvgIpc) is 2.38. The average molecular weight is 450 g/mol. The fourth-order valence-corrected chi connectivity index (χ4v) is 2.45. The predicted octanol–water partition coefficient (Wildman–Crippen LogP) is 4.70. The van der Waals surface area contributed by atoms with E-state index in [0.29, 0.717) is 6.08 Å². The summed E-state index contributed by atoms with van der Waals surface area (Å²) in [6, 6.07) is 0. The Kier molecular flexibility index (Phi) is 7.69. The standard InChI is InChI=1S/C11H10F12O3S/c12-7(13,9(17,18)10(19,20)11(21,22)23)6-27(24,25)26-5-3-1-2-4-8(14,15)16/h2,4H,1,3,5-6H2/b4-2-. The van der Waals surface area contributed by atoms with Crippen LogP contribution in [0.3, 0.4) is 0 Å². The minimum absolute atomic E-state index is 0.255. The SMILES string of the molecule is O=S(=O)(CC(F)(F)C(F)(F)C(F)(F)C(F)(F)F)OCCC/C=C\C(F)(F)F. The topological polar surface area (TPSA) is 43.4 Å². The van der Waals surface area contributed by atoms with E-state index in [0.717, 1.165) is 0 Å². The van der Waals surface area contributed by atoms with Crippen LogP contribution in [0, 0.1) is 0 Å². The van der Waals surface area contributed by atoms with Crippen LogP contribution in [0.2, 0.25) is 0 Å². The molecular formula is C11H10F12O3S. The summed E-state index contributed by atoms with van der Waals surface area (Å²) in [5.74, 6) is -24.0. The lowest BCUT2D eigenvalue weighted by Crippen LogP contribution is -2.62. The molecule has 0 radical (unpaired) electrons. The molecule has 0 atom stereocenters. The molecule has 0 aliphatic rings. The molecule has 0 spiro atoms. The number of unbranched alkanes of at least 4 members (excludes halogenated alkanes) is 1. The molecule has 0 aromatic rings. The minimum Gasteiger partial charge on any atom is -0.270 e. The Balaban J connectivity index is 4.99. The predicted molar refractivity (Wildman–Crippen MR) is 65.1 cm³/mol. The second-order valence-corrected chi connectivity index (χ2v) is 6.60. The Morgan fingerprint density at radius 1 is 0.778 bits per heavy atom. The van der Waals surface area contributed by atoms with Crippen LogP contribution < -0.4 is 0 Å². The molecule has 0 heterocycles. The van der Waals surface area contributed by atoms with Crippen LogP contribution in [0.1, 0.15) is 12.8 Å². The molecule has 16 heteroatoms. The highest BCUT2D eigenvalue weighted by Crippen LogP contribution is 2.53. The van der Waals surface area contributed by atoms with Crippen molar-refractivity contribution < 1.29 is 65.3 Å². The van der Waals surface area contributed by atoms with Gasteiger partial charge in [0.15, 0.2) is 0 Å². The second-order valence-electron chi connectivity index (χ2n) is 4.96. The van der Waals surface area contributed by atoms with Gasteiger partial charge in [-0.05, 0) is 12.8 Å².